The molecule has 0 spiro atoms. The first-order valence-electron chi connectivity index (χ1n) is 5.14. The molecule has 1 aliphatic carbocycles. The van der Waals surface area contributed by atoms with Crippen molar-refractivity contribution in [2.24, 2.45) is 0 Å². The van der Waals surface area contributed by atoms with Crippen molar-refractivity contribution in [3.63, 3.8) is 0 Å². The summed E-state index contributed by atoms with van der Waals surface area (Å²) >= 11 is 0. The molecule has 78 valence electrons. The molecule has 3 nitrogen and oxygen atoms in total. The van der Waals surface area contributed by atoms with Crippen molar-refractivity contribution in [3.05, 3.63) is 29.3 Å². The first kappa shape index (κ1) is 8.77. The molecule has 0 saturated carbocycles. The Labute approximate surface area is 88.0 Å². The van der Waals surface area contributed by atoms with Gasteiger partial charge in [-0.25, -0.2) is 0 Å². The minimum Gasteiger partial charge on any atom is -0.497 e. The smallest absolute Gasteiger partial charge is 0.306 e. The van der Waals surface area contributed by atoms with Gasteiger partial charge in [0.25, 0.3) is 0 Å². The van der Waals surface area contributed by atoms with Crippen molar-refractivity contribution in [3.8, 4) is 5.75 Å². The van der Waals surface area contributed by atoms with E-state index in [2.05, 4.69) is 6.07 Å². The fourth-order valence-electron chi connectivity index (χ4n) is 2.55. The van der Waals surface area contributed by atoms with E-state index in [0.717, 1.165) is 12.2 Å². The van der Waals surface area contributed by atoms with Crippen LogP contribution in [-0.2, 0) is 16.0 Å². The molecule has 0 amide bonds. The van der Waals surface area contributed by atoms with Gasteiger partial charge >= 0.3 is 5.97 Å². The number of rotatable bonds is 1. The van der Waals surface area contributed by atoms with Crippen LogP contribution in [-0.4, -0.2) is 19.2 Å². The number of carbonyl (C=O) groups excluding carboxylic acids is 1. The minimum absolute atomic E-state index is 0.0691. The summed E-state index contributed by atoms with van der Waals surface area (Å²) in [5.41, 5.74) is 2.52. The van der Waals surface area contributed by atoms with Crippen LogP contribution in [0.5, 0.6) is 5.75 Å². The van der Waals surface area contributed by atoms with E-state index in [0.29, 0.717) is 6.42 Å². The zero-order valence-corrected chi connectivity index (χ0v) is 8.53. The van der Waals surface area contributed by atoms with Crippen LogP contribution in [0, 0.1) is 0 Å². The molecule has 1 fully saturated rings. The Morgan fingerprint density at radius 2 is 2.27 bits per heavy atom. The van der Waals surface area contributed by atoms with Crippen molar-refractivity contribution >= 4 is 5.97 Å². The van der Waals surface area contributed by atoms with Crippen LogP contribution < -0.4 is 4.74 Å². The molecule has 3 heteroatoms. The van der Waals surface area contributed by atoms with Crippen molar-refractivity contribution in [1.29, 1.82) is 0 Å². The second-order valence-electron chi connectivity index (χ2n) is 4.11. The van der Waals surface area contributed by atoms with E-state index in [4.69, 9.17) is 9.47 Å². The number of esters is 1. The van der Waals surface area contributed by atoms with Crippen LogP contribution in [0.25, 0.3) is 0 Å². The first-order valence-corrected chi connectivity index (χ1v) is 5.14. The molecule has 3 rings (SSSR count). The highest BCUT2D eigenvalue weighted by Crippen LogP contribution is 2.43. The maximum absolute atomic E-state index is 11.2. The highest BCUT2D eigenvalue weighted by atomic mass is 16.5. The zero-order valence-electron chi connectivity index (χ0n) is 8.53. The predicted molar refractivity (Wildman–Crippen MR) is 53.9 cm³/mol. The second-order valence-corrected chi connectivity index (χ2v) is 4.11. The van der Waals surface area contributed by atoms with Gasteiger partial charge in [-0.15, -0.1) is 0 Å². The molecule has 0 radical (unpaired) electrons. The van der Waals surface area contributed by atoms with Crippen LogP contribution in [0.1, 0.15) is 23.5 Å². The first-order chi connectivity index (χ1) is 7.28. The third kappa shape index (κ3) is 1.23. The summed E-state index contributed by atoms with van der Waals surface area (Å²) in [6.45, 7) is 0. The minimum atomic E-state index is -0.0709. The molecule has 15 heavy (non-hydrogen) atoms. The number of carbonyl (C=O) groups is 1. The molecular formula is C12H12O3. The maximum atomic E-state index is 11.2. The van der Waals surface area contributed by atoms with E-state index in [1.807, 2.05) is 12.1 Å². The lowest BCUT2D eigenvalue weighted by Gasteiger charge is -2.07. The van der Waals surface area contributed by atoms with Crippen molar-refractivity contribution in [1.82, 2.24) is 0 Å². The quantitative estimate of drug-likeness (QED) is 0.652. The predicted octanol–water partition coefficient (Wildman–Crippen LogP) is 1.65. The summed E-state index contributed by atoms with van der Waals surface area (Å²) < 4.78 is 10.5. The van der Waals surface area contributed by atoms with Gasteiger partial charge in [0.05, 0.1) is 13.5 Å². The number of benzene rings is 1. The van der Waals surface area contributed by atoms with Crippen molar-refractivity contribution in [2.45, 2.75) is 24.9 Å². The lowest BCUT2D eigenvalue weighted by atomic mass is 9.98. The van der Waals surface area contributed by atoms with Crippen LogP contribution >= 0.6 is 0 Å². The highest BCUT2D eigenvalue weighted by molar-refractivity contribution is 5.74. The Balaban J connectivity index is 2.02. The summed E-state index contributed by atoms with van der Waals surface area (Å²) in [4.78, 5) is 11.2. The summed E-state index contributed by atoms with van der Waals surface area (Å²) in [7, 11) is 1.66. The summed E-state index contributed by atoms with van der Waals surface area (Å²) in [6, 6.07) is 6.06. The second kappa shape index (κ2) is 2.99. The van der Waals surface area contributed by atoms with E-state index in [9.17, 15) is 4.79 Å². The Hall–Kier alpha value is -1.51. The van der Waals surface area contributed by atoms with Gasteiger partial charge in [0, 0.05) is 12.3 Å². The highest BCUT2D eigenvalue weighted by Gasteiger charge is 2.42. The molecule has 0 bridgehead atoms. The third-order valence-corrected chi connectivity index (χ3v) is 3.29. The fourth-order valence-corrected chi connectivity index (χ4v) is 2.55. The normalized spacial score (nSPS) is 27.1. The molecule has 1 aliphatic heterocycles. The average Bonchev–Trinajstić information content (AvgIpc) is 2.73. The molecular weight excluding hydrogens is 192 g/mol. The fraction of sp³-hybridized carbons (Fsp3) is 0.417. The number of fused-ring (bicyclic) bond motifs is 3. The van der Waals surface area contributed by atoms with E-state index in [-0.39, 0.29) is 18.0 Å². The molecule has 2 atom stereocenters. The monoisotopic (exact) mass is 204 g/mol. The van der Waals surface area contributed by atoms with Gasteiger partial charge in [0.2, 0.25) is 0 Å². The van der Waals surface area contributed by atoms with E-state index < -0.39 is 0 Å². The van der Waals surface area contributed by atoms with Gasteiger partial charge < -0.3 is 9.47 Å². The SMILES string of the molecule is COc1ccc2c(c1)[C@H]1CC(=O)O[C@H]1C2. The Morgan fingerprint density at radius 3 is 3.07 bits per heavy atom. The molecule has 0 unspecified atom stereocenters. The molecule has 1 aromatic carbocycles. The Kier molecular flexibility index (Phi) is 1.75. The number of ether oxygens (including phenoxy) is 2. The van der Waals surface area contributed by atoms with E-state index in [1.165, 1.54) is 11.1 Å². The summed E-state index contributed by atoms with van der Waals surface area (Å²) in [6.07, 6.45) is 1.44. The number of methoxy groups -OCH3 is 1. The molecule has 1 heterocycles. The van der Waals surface area contributed by atoms with Gasteiger partial charge in [-0.2, -0.15) is 0 Å². The van der Waals surface area contributed by atoms with Gasteiger partial charge in [0.15, 0.2) is 0 Å². The Morgan fingerprint density at radius 1 is 1.40 bits per heavy atom. The van der Waals surface area contributed by atoms with Crippen molar-refractivity contribution < 1.29 is 14.3 Å². The van der Waals surface area contributed by atoms with Crippen molar-refractivity contribution in [2.75, 3.05) is 7.11 Å². The summed E-state index contributed by atoms with van der Waals surface area (Å²) in [5, 5.41) is 0. The van der Waals surface area contributed by atoms with Gasteiger partial charge in [-0.1, -0.05) is 6.07 Å². The largest absolute Gasteiger partial charge is 0.497 e. The van der Waals surface area contributed by atoms with E-state index >= 15 is 0 Å². The van der Waals surface area contributed by atoms with Gasteiger partial charge in [-0.05, 0) is 23.3 Å². The third-order valence-electron chi connectivity index (χ3n) is 3.29. The Bertz CT molecular complexity index is 425. The van der Waals surface area contributed by atoms with Crippen LogP contribution in [0.4, 0.5) is 0 Å². The molecule has 0 N–H and O–H groups in total. The van der Waals surface area contributed by atoms with E-state index in [1.54, 1.807) is 7.11 Å². The van der Waals surface area contributed by atoms with Gasteiger partial charge in [-0.3, -0.25) is 4.79 Å². The summed E-state index contributed by atoms with van der Waals surface area (Å²) in [5.74, 6) is 1.04. The lowest BCUT2D eigenvalue weighted by molar-refractivity contribution is -0.141. The molecule has 0 aromatic heterocycles. The standard InChI is InChI=1S/C12H12O3/c1-14-8-3-2-7-4-11-10(9(7)5-8)6-12(13)15-11/h2-3,5,10-11H,4,6H2,1H3/t10-,11+/m1/s1. The van der Waals surface area contributed by atoms with Crippen LogP contribution in [0.15, 0.2) is 18.2 Å². The molecule has 1 saturated heterocycles. The number of hydrogen-bond acceptors (Lipinski definition) is 3. The van der Waals surface area contributed by atoms with Crippen LogP contribution in [0.2, 0.25) is 0 Å². The van der Waals surface area contributed by atoms with Gasteiger partial charge in [0.1, 0.15) is 11.9 Å². The maximum Gasteiger partial charge on any atom is 0.306 e. The van der Waals surface area contributed by atoms with Crippen LogP contribution in [0.3, 0.4) is 0 Å². The number of hydrogen-bond donors (Lipinski definition) is 0. The lowest BCUT2D eigenvalue weighted by Crippen LogP contribution is -2.09. The average molecular weight is 204 g/mol. The zero-order chi connectivity index (χ0) is 10.4. The topological polar surface area (TPSA) is 35.5 Å². The molecule has 2 aliphatic rings. The molecule has 1 aromatic rings.